The maximum atomic E-state index is 12.1. The number of hydrogen-bond donors (Lipinski definition) is 0. The van der Waals surface area contributed by atoms with E-state index in [1.807, 2.05) is 0 Å². The Kier molecular flexibility index (Phi) is 4.31. The topological polar surface area (TPSA) is 63.4 Å². The largest absolute Gasteiger partial charge is 0.431 e. The van der Waals surface area contributed by atoms with E-state index in [1.54, 1.807) is 0 Å². The number of alkyl halides is 2. The highest BCUT2D eigenvalue weighted by Gasteiger charge is 2.19. The van der Waals surface area contributed by atoms with E-state index in [0.29, 0.717) is 11.1 Å². The average Bonchev–Trinajstić information content (AvgIpc) is 2.77. The molecule has 20 heavy (non-hydrogen) atoms. The molecule has 1 aromatic heterocycles. The van der Waals surface area contributed by atoms with Crippen LogP contribution in [-0.4, -0.2) is 44.0 Å². The van der Waals surface area contributed by atoms with Crippen LogP contribution >= 0.6 is 11.8 Å². The molecule has 2 aromatic rings. The summed E-state index contributed by atoms with van der Waals surface area (Å²) in [4.78, 5) is 4.08. The lowest BCUT2D eigenvalue weighted by Gasteiger charge is -2.10. The third-order valence-electron chi connectivity index (χ3n) is 2.45. The number of benzene rings is 1. The Morgan fingerprint density at radius 2 is 2.10 bits per heavy atom. The molecule has 0 aliphatic heterocycles. The molecule has 5 nitrogen and oxygen atoms in total. The van der Waals surface area contributed by atoms with Gasteiger partial charge in [0.1, 0.15) is 5.52 Å². The summed E-state index contributed by atoms with van der Waals surface area (Å²) in [5.74, 6) is -0.421. The first-order valence-corrected chi connectivity index (χ1v) is 7.97. The third-order valence-corrected chi connectivity index (χ3v) is 5.10. The number of thioether (sulfide) groups is 1. The molecule has 0 atom stereocenters. The van der Waals surface area contributed by atoms with Gasteiger partial charge in [-0.2, -0.15) is 0 Å². The van der Waals surface area contributed by atoms with E-state index in [4.69, 9.17) is 4.42 Å². The molecule has 0 N–H and O–H groups in total. The number of hydrogen-bond acceptors (Lipinski definition) is 5. The summed E-state index contributed by atoms with van der Waals surface area (Å²) in [5, 5.41) is 0.0969. The summed E-state index contributed by atoms with van der Waals surface area (Å²) in [6.07, 6.45) is -2.46. The lowest BCUT2D eigenvalue weighted by Crippen LogP contribution is -2.22. The van der Waals surface area contributed by atoms with Gasteiger partial charge in [-0.1, -0.05) is 11.8 Å². The number of fused-ring (bicyclic) bond motifs is 1. The van der Waals surface area contributed by atoms with Crippen LogP contribution in [0.25, 0.3) is 11.1 Å². The predicted molar refractivity (Wildman–Crippen MR) is 71.6 cm³/mol. The zero-order chi connectivity index (χ0) is 14.9. The van der Waals surface area contributed by atoms with Crippen molar-refractivity contribution in [1.29, 1.82) is 0 Å². The zero-order valence-corrected chi connectivity index (χ0v) is 12.3. The van der Waals surface area contributed by atoms with Crippen LogP contribution in [0, 0.1) is 0 Å². The second kappa shape index (κ2) is 5.66. The van der Waals surface area contributed by atoms with Crippen molar-refractivity contribution in [2.24, 2.45) is 0 Å². The fourth-order valence-corrected chi connectivity index (χ4v) is 2.96. The number of sulfonamides is 1. The lowest BCUT2D eigenvalue weighted by molar-refractivity contribution is 0.176. The molecule has 0 spiro atoms. The molecule has 1 aromatic carbocycles. The van der Waals surface area contributed by atoms with Gasteiger partial charge in [-0.25, -0.2) is 26.5 Å². The Bertz CT molecular complexity index is 714. The van der Waals surface area contributed by atoms with Crippen LogP contribution in [0.15, 0.2) is 32.7 Å². The smallest absolute Gasteiger partial charge is 0.256 e. The van der Waals surface area contributed by atoms with E-state index < -0.39 is 22.2 Å². The van der Waals surface area contributed by atoms with Gasteiger partial charge in [0, 0.05) is 14.1 Å². The van der Waals surface area contributed by atoms with E-state index in [0.717, 1.165) is 16.1 Å². The highest BCUT2D eigenvalue weighted by molar-refractivity contribution is 7.99. The monoisotopic (exact) mass is 322 g/mol. The minimum Gasteiger partial charge on any atom is -0.431 e. The van der Waals surface area contributed by atoms with Gasteiger partial charge in [0.25, 0.3) is 5.22 Å². The molecule has 0 bridgehead atoms. The van der Waals surface area contributed by atoms with Crippen molar-refractivity contribution in [3.8, 4) is 0 Å². The van der Waals surface area contributed by atoms with Crippen molar-refractivity contribution in [2.75, 3.05) is 19.8 Å². The first kappa shape index (κ1) is 15.2. The van der Waals surface area contributed by atoms with Gasteiger partial charge in [-0.15, -0.1) is 0 Å². The van der Waals surface area contributed by atoms with Crippen LogP contribution in [0.4, 0.5) is 8.78 Å². The molecule has 0 aliphatic carbocycles. The number of nitrogens with zero attached hydrogens (tertiary/aromatic N) is 2. The second-order valence-corrected chi connectivity index (χ2v) is 7.22. The molecule has 0 aliphatic rings. The maximum absolute atomic E-state index is 12.1. The fourth-order valence-electron chi connectivity index (χ4n) is 1.45. The molecular weight excluding hydrogens is 310 g/mol. The van der Waals surface area contributed by atoms with E-state index in [2.05, 4.69) is 4.98 Å². The molecule has 0 saturated carbocycles. The predicted octanol–water partition coefficient (Wildman–Crippen LogP) is 2.44. The first-order valence-electron chi connectivity index (χ1n) is 5.55. The van der Waals surface area contributed by atoms with Gasteiger partial charge in [0.05, 0.1) is 10.6 Å². The van der Waals surface area contributed by atoms with Crippen LogP contribution < -0.4 is 0 Å². The second-order valence-electron chi connectivity index (χ2n) is 4.10. The number of aromatic nitrogens is 1. The molecule has 0 fully saturated rings. The SMILES string of the molecule is CN(C)S(=O)(=O)c1ccc2oc(SCC(F)F)nc2c1. The van der Waals surface area contributed by atoms with E-state index >= 15 is 0 Å². The van der Waals surface area contributed by atoms with Crippen molar-refractivity contribution in [2.45, 2.75) is 16.5 Å². The van der Waals surface area contributed by atoms with Gasteiger partial charge in [-0.3, -0.25) is 0 Å². The minimum absolute atomic E-state index is 0.0775. The Hall–Kier alpha value is -1.19. The Morgan fingerprint density at radius 3 is 2.70 bits per heavy atom. The van der Waals surface area contributed by atoms with Crippen LogP contribution in [0.1, 0.15) is 0 Å². The molecule has 110 valence electrons. The highest BCUT2D eigenvalue weighted by Crippen LogP contribution is 2.26. The average molecular weight is 322 g/mol. The van der Waals surface area contributed by atoms with Crippen LogP contribution in [-0.2, 0) is 10.0 Å². The molecule has 2 rings (SSSR count). The Morgan fingerprint density at radius 1 is 1.40 bits per heavy atom. The summed E-state index contributed by atoms with van der Waals surface area (Å²) in [5.41, 5.74) is 0.684. The Labute approximate surface area is 119 Å². The zero-order valence-electron chi connectivity index (χ0n) is 10.7. The van der Waals surface area contributed by atoms with Gasteiger partial charge in [0.15, 0.2) is 5.58 Å². The normalized spacial score (nSPS) is 12.7. The van der Waals surface area contributed by atoms with Crippen molar-refractivity contribution in [1.82, 2.24) is 9.29 Å². The molecule has 0 unspecified atom stereocenters. The minimum atomic E-state index is -3.56. The van der Waals surface area contributed by atoms with Gasteiger partial charge < -0.3 is 4.42 Å². The first-order chi connectivity index (χ1) is 9.30. The molecular formula is C11H12F2N2O3S2. The quantitative estimate of drug-likeness (QED) is 0.791. The summed E-state index contributed by atoms with van der Waals surface area (Å²) < 4.78 is 54.5. The molecule has 1 heterocycles. The van der Waals surface area contributed by atoms with E-state index in [-0.39, 0.29) is 10.1 Å². The maximum Gasteiger partial charge on any atom is 0.256 e. The van der Waals surface area contributed by atoms with Gasteiger partial charge in [-0.05, 0) is 18.2 Å². The van der Waals surface area contributed by atoms with Crippen molar-refractivity contribution in [3.63, 3.8) is 0 Å². The summed E-state index contributed by atoms with van der Waals surface area (Å²) >= 11 is 0.786. The lowest BCUT2D eigenvalue weighted by atomic mass is 10.3. The standard InChI is InChI=1S/C11H12F2N2O3S2/c1-15(2)20(16,17)7-3-4-9-8(5-7)14-11(18-9)19-6-10(12)13/h3-5,10H,6H2,1-2H3. The summed E-state index contributed by atoms with van der Waals surface area (Å²) in [6.45, 7) is 0. The van der Waals surface area contributed by atoms with Crippen LogP contribution in [0.3, 0.4) is 0 Å². The third kappa shape index (κ3) is 3.10. The van der Waals surface area contributed by atoms with Gasteiger partial charge in [0.2, 0.25) is 16.4 Å². The van der Waals surface area contributed by atoms with Crippen molar-refractivity contribution in [3.05, 3.63) is 18.2 Å². The van der Waals surface area contributed by atoms with Crippen molar-refractivity contribution < 1.29 is 21.6 Å². The highest BCUT2D eigenvalue weighted by atomic mass is 32.2. The fraction of sp³-hybridized carbons (Fsp3) is 0.364. The summed E-state index contributed by atoms with van der Waals surface area (Å²) in [7, 11) is -0.714. The van der Waals surface area contributed by atoms with E-state index in [9.17, 15) is 17.2 Å². The number of oxazole rings is 1. The molecule has 0 amide bonds. The summed E-state index contributed by atoms with van der Waals surface area (Å²) in [6, 6.07) is 4.22. The van der Waals surface area contributed by atoms with E-state index in [1.165, 1.54) is 32.3 Å². The van der Waals surface area contributed by atoms with Gasteiger partial charge >= 0.3 is 0 Å². The number of rotatable bonds is 5. The van der Waals surface area contributed by atoms with Crippen molar-refractivity contribution >= 4 is 32.9 Å². The molecule has 0 radical (unpaired) electrons. The molecule has 0 saturated heterocycles. The van der Waals surface area contributed by atoms with Crippen LogP contribution in [0.2, 0.25) is 0 Å². The molecule has 9 heteroatoms. The number of halogens is 2. The Balaban J connectivity index is 2.35. The van der Waals surface area contributed by atoms with Crippen LogP contribution in [0.5, 0.6) is 0 Å².